The number of hydrogen-bond donors (Lipinski definition) is 5. The van der Waals surface area contributed by atoms with Crippen molar-refractivity contribution < 1.29 is 35.1 Å². The molecule has 0 aromatic rings. The van der Waals surface area contributed by atoms with Crippen LogP contribution in [0, 0.1) is 5.41 Å². The monoisotopic (exact) mass is 224 g/mol. The Morgan fingerprint density at radius 1 is 0.933 bits per heavy atom. The third-order valence-electron chi connectivity index (χ3n) is 1.94. The Balaban J connectivity index is 0. The van der Waals surface area contributed by atoms with Crippen molar-refractivity contribution in [3.63, 3.8) is 0 Å². The molecule has 90 valence electrons. The minimum atomic E-state index is -1.82. The lowest BCUT2D eigenvalue weighted by Crippen LogP contribution is -2.32. The van der Waals surface area contributed by atoms with E-state index in [0.29, 0.717) is 6.42 Å². The van der Waals surface area contributed by atoms with Gasteiger partial charge in [-0.25, -0.2) is 9.59 Å². The van der Waals surface area contributed by atoms with Gasteiger partial charge in [0.25, 0.3) is 0 Å². The fourth-order valence-electron chi connectivity index (χ4n) is 0.485. The summed E-state index contributed by atoms with van der Waals surface area (Å²) in [4.78, 5) is 18.2. The maximum Gasteiger partial charge on any atom is 0.414 e. The Hall–Kier alpha value is -1.18. The van der Waals surface area contributed by atoms with Gasteiger partial charge in [-0.15, -0.1) is 0 Å². The average Bonchev–Trinajstić information content (AvgIpc) is 2.23. The summed E-state index contributed by atoms with van der Waals surface area (Å²) in [6.45, 7) is 1.35. The first-order valence-corrected chi connectivity index (χ1v) is 4.18. The van der Waals surface area contributed by atoms with E-state index in [4.69, 9.17) is 35.1 Å². The first-order chi connectivity index (χ1) is 6.89. The zero-order chi connectivity index (χ0) is 12.5. The molecule has 15 heavy (non-hydrogen) atoms. The minimum absolute atomic E-state index is 0.156. The molecule has 0 fully saturated rings. The molecule has 0 aromatic carbocycles. The van der Waals surface area contributed by atoms with Crippen LogP contribution in [0.4, 0.5) is 0 Å². The molecular weight excluding hydrogens is 208 g/mol. The predicted molar refractivity (Wildman–Crippen MR) is 49.3 cm³/mol. The third-order valence-corrected chi connectivity index (χ3v) is 1.94. The minimum Gasteiger partial charge on any atom is -0.473 e. The van der Waals surface area contributed by atoms with Crippen molar-refractivity contribution in [1.82, 2.24) is 0 Å². The van der Waals surface area contributed by atoms with Crippen LogP contribution >= 0.6 is 0 Å². The molecule has 0 saturated heterocycles. The molecule has 0 amide bonds. The van der Waals surface area contributed by atoms with Crippen LogP contribution in [0.1, 0.15) is 13.3 Å². The quantitative estimate of drug-likeness (QED) is 0.367. The summed E-state index contributed by atoms with van der Waals surface area (Å²) in [6.07, 6.45) is 0.594. The van der Waals surface area contributed by atoms with E-state index in [1.54, 1.807) is 0 Å². The van der Waals surface area contributed by atoms with Crippen molar-refractivity contribution in [2.45, 2.75) is 13.3 Å². The molecule has 0 spiro atoms. The van der Waals surface area contributed by atoms with E-state index in [9.17, 15) is 0 Å². The third kappa shape index (κ3) is 6.83. The van der Waals surface area contributed by atoms with E-state index in [-0.39, 0.29) is 19.8 Å². The van der Waals surface area contributed by atoms with Crippen molar-refractivity contribution >= 4 is 11.9 Å². The zero-order valence-electron chi connectivity index (χ0n) is 8.38. The molecule has 0 heterocycles. The van der Waals surface area contributed by atoms with Gasteiger partial charge in [-0.05, 0) is 6.42 Å². The second-order valence-electron chi connectivity index (χ2n) is 2.94. The lowest BCUT2D eigenvalue weighted by atomic mass is 9.88. The zero-order valence-corrected chi connectivity index (χ0v) is 8.38. The highest BCUT2D eigenvalue weighted by atomic mass is 16.4. The van der Waals surface area contributed by atoms with E-state index < -0.39 is 17.4 Å². The van der Waals surface area contributed by atoms with Crippen molar-refractivity contribution in [1.29, 1.82) is 0 Å². The van der Waals surface area contributed by atoms with Crippen LogP contribution in [0.2, 0.25) is 0 Å². The smallest absolute Gasteiger partial charge is 0.414 e. The molecule has 0 aliphatic carbocycles. The van der Waals surface area contributed by atoms with Gasteiger partial charge in [0.15, 0.2) is 0 Å². The van der Waals surface area contributed by atoms with Gasteiger partial charge in [-0.2, -0.15) is 0 Å². The molecule has 0 bridgehead atoms. The van der Waals surface area contributed by atoms with Crippen molar-refractivity contribution in [2.75, 3.05) is 19.8 Å². The summed E-state index contributed by atoms with van der Waals surface area (Å²) < 4.78 is 0. The number of aliphatic hydroxyl groups is 3. The summed E-state index contributed by atoms with van der Waals surface area (Å²) in [5.74, 6) is -3.65. The topological polar surface area (TPSA) is 135 Å². The maximum atomic E-state index is 9.10. The summed E-state index contributed by atoms with van der Waals surface area (Å²) in [7, 11) is 0. The molecule has 0 aromatic heterocycles. The van der Waals surface area contributed by atoms with E-state index in [0.717, 1.165) is 0 Å². The maximum absolute atomic E-state index is 9.10. The van der Waals surface area contributed by atoms with Crippen LogP contribution < -0.4 is 0 Å². The summed E-state index contributed by atoms with van der Waals surface area (Å²) in [5.41, 5.74) is -0.667. The highest BCUT2D eigenvalue weighted by Gasteiger charge is 2.24. The predicted octanol–water partition coefficient (Wildman–Crippen LogP) is -1.48. The van der Waals surface area contributed by atoms with Crippen molar-refractivity contribution in [3.8, 4) is 0 Å². The van der Waals surface area contributed by atoms with Gasteiger partial charge in [0.05, 0.1) is 19.8 Å². The van der Waals surface area contributed by atoms with Gasteiger partial charge in [0.2, 0.25) is 0 Å². The molecule has 7 heteroatoms. The first kappa shape index (κ1) is 16.3. The lowest BCUT2D eigenvalue weighted by Gasteiger charge is -2.24. The van der Waals surface area contributed by atoms with Crippen LogP contribution in [-0.2, 0) is 9.59 Å². The molecule has 5 N–H and O–H groups in total. The van der Waals surface area contributed by atoms with Gasteiger partial charge in [-0.1, -0.05) is 6.92 Å². The first-order valence-electron chi connectivity index (χ1n) is 4.18. The number of rotatable bonds is 4. The highest BCUT2D eigenvalue weighted by molar-refractivity contribution is 6.27. The van der Waals surface area contributed by atoms with E-state index in [2.05, 4.69) is 0 Å². The Kier molecular flexibility index (Phi) is 8.84. The molecule has 0 radical (unpaired) electrons. The average molecular weight is 224 g/mol. The standard InChI is InChI=1S/C6H14O3.C2H2O4/c1-2-6(3-7,4-8)5-9;3-1(4)2(5)6/h7-9H,2-5H2,1H3;(H,3,4)(H,5,6). The second-order valence-corrected chi connectivity index (χ2v) is 2.94. The van der Waals surface area contributed by atoms with E-state index >= 15 is 0 Å². The fourth-order valence-corrected chi connectivity index (χ4v) is 0.485. The molecule has 0 atom stereocenters. The van der Waals surface area contributed by atoms with Gasteiger partial charge in [0.1, 0.15) is 0 Å². The number of carbonyl (C=O) groups is 2. The molecule has 0 aliphatic rings. The number of carboxylic acid groups (broad SMARTS) is 2. The van der Waals surface area contributed by atoms with Crippen LogP contribution in [0.25, 0.3) is 0 Å². The van der Waals surface area contributed by atoms with Crippen molar-refractivity contribution in [3.05, 3.63) is 0 Å². The molecule has 0 unspecified atom stereocenters. The van der Waals surface area contributed by atoms with E-state index in [1.165, 1.54) is 0 Å². The van der Waals surface area contributed by atoms with Crippen LogP contribution in [-0.4, -0.2) is 57.3 Å². The van der Waals surface area contributed by atoms with Gasteiger partial charge in [-0.3, -0.25) is 0 Å². The Labute approximate surface area is 86.6 Å². The van der Waals surface area contributed by atoms with E-state index in [1.807, 2.05) is 6.92 Å². The second kappa shape index (κ2) is 8.16. The summed E-state index contributed by atoms with van der Waals surface area (Å²) >= 11 is 0. The number of carboxylic acids is 2. The number of aliphatic hydroxyl groups excluding tert-OH is 3. The van der Waals surface area contributed by atoms with Crippen LogP contribution in [0.3, 0.4) is 0 Å². The highest BCUT2D eigenvalue weighted by Crippen LogP contribution is 2.18. The number of aliphatic carboxylic acids is 2. The Morgan fingerprint density at radius 3 is 1.20 bits per heavy atom. The molecule has 0 aliphatic heterocycles. The molecule has 0 rings (SSSR count). The van der Waals surface area contributed by atoms with Gasteiger partial charge >= 0.3 is 11.9 Å². The fraction of sp³-hybridized carbons (Fsp3) is 0.750. The van der Waals surface area contributed by atoms with Crippen molar-refractivity contribution in [2.24, 2.45) is 5.41 Å². The largest absolute Gasteiger partial charge is 0.473 e. The summed E-state index contributed by atoms with van der Waals surface area (Å²) in [6, 6.07) is 0. The normalized spacial score (nSPS) is 10.1. The number of hydrogen-bond acceptors (Lipinski definition) is 5. The van der Waals surface area contributed by atoms with Gasteiger partial charge in [0, 0.05) is 5.41 Å². The van der Waals surface area contributed by atoms with Gasteiger partial charge < -0.3 is 25.5 Å². The molecular formula is C8H16O7. The molecule has 0 saturated carbocycles. The van der Waals surface area contributed by atoms with Crippen LogP contribution in [0.15, 0.2) is 0 Å². The Morgan fingerprint density at radius 2 is 1.20 bits per heavy atom. The Bertz CT molecular complexity index is 168. The summed E-state index contributed by atoms with van der Waals surface area (Å²) in [5, 5.41) is 40.8. The molecule has 7 nitrogen and oxygen atoms in total. The lowest BCUT2D eigenvalue weighted by molar-refractivity contribution is -0.159. The van der Waals surface area contributed by atoms with Crippen LogP contribution in [0.5, 0.6) is 0 Å². The SMILES string of the molecule is CCC(CO)(CO)CO.O=C(O)C(=O)O.